The quantitative estimate of drug-likeness (QED) is 0.779. The van der Waals surface area contributed by atoms with Crippen molar-refractivity contribution in [3.8, 4) is 0 Å². The fraction of sp³-hybridized carbons (Fsp3) is 0.727. The van der Waals surface area contributed by atoms with Gasteiger partial charge < -0.3 is 5.32 Å². The monoisotopic (exact) mass is 195 g/mol. The van der Waals surface area contributed by atoms with Gasteiger partial charge in [0.05, 0.1) is 11.4 Å². The average Bonchev–Trinajstić information content (AvgIpc) is 2.26. The van der Waals surface area contributed by atoms with Gasteiger partial charge in [-0.05, 0) is 19.4 Å². The molecule has 1 N–H and O–H groups in total. The SMILES string of the molecule is CNCc1c(C(C)(C)C)c(C)nn1C. The lowest BCUT2D eigenvalue weighted by molar-refractivity contribution is 0.568. The van der Waals surface area contributed by atoms with Crippen LogP contribution in [0.15, 0.2) is 0 Å². The van der Waals surface area contributed by atoms with Crippen molar-refractivity contribution in [2.75, 3.05) is 7.05 Å². The minimum atomic E-state index is 0.171. The molecule has 80 valence electrons. The van der Waals surface area contributed by atoms with Crippen LogP contribution >= 0.6 is 0 Å². The van der Waals surface area contributed by atoms with E-state index in [1.165, 1.54) is 11.3 Å². The van der Waals surface area contributed by atoms with Gasteiger partial charge in [0.25, 0.3) is 0 Å². The van der Waals surface area contributed by atoms with Gasteiger partial charge in [-0.3, -0.25) is 4.68 Å². The van der Waals surface area contributed by atoms with E-state index in [2.05, 4.69) is 38.1 Å². The van der Waals surface area contributed by atoms with Crippen LogP contribution in [0.4, 0.5) is 0 Å². The third-order valence-electron chi connectivity index (χ3n) is 2.44. The Labute approximate surface area is 86.5 Å². The number of aryl methyl sites for hydroxylation is 2. The van der Waals surface area contributed by atoms with E-state index >= 15 is 0 Å². The van der Waals surface area contributed by atoms with Crippen molar-refractivity contribution in [3.63, 3.8) is 0 Å². The molecular formula is C11H21N3. The van der Waals surface area contributed by atoms with Crippen molar-refractivity contribution in [1.82, 2.24) is 15.1 Å². The first-order valence-corrected chi connectivity index (χ1v) is 5.05. The molecule has 0 saturated carbocycles. The second-order valence-electron chi connectivity index (χ2n) is 4.81. The lowest BCUT2D eigenvalue weighted by atomic mass is 9.85. The van der Waals surface area contributed by atoms with Gasteiger partial charge in [0.15, 0.2) is 0 Å². The molecule has 0 radical (unpaired) electrons. The van der Waals surface area contributed by atoms with Crippen LogP contribution in [-0.2, 0) is 19.0 Å². The molecule has 3 heteroatoms. The summed E-state index contributed by atoms with van der Waals surface area (Å²) < 4.78 is 1.98. The fourth-order valence-electron chi connectivity index (χ4n) is 2.05. The lowest BCUT2D eigenvalue weighted by Crippen LogP contribution is -2.18. The first-order valence-electron chi connectivity index (χ1n) is 5.05. The molecule has 14 heavy (non-hydrogen) atoms. The van der Waals surface area contributed by atoms with E-state index in [1.807, 2.05) is 18.8 Å². The highest BCUT2D eigenvalue weighted by atomic mass is 15.3. The molecule has 0 spiro atoms. The smallest absolute Gasteiger partial charge is 0.0634 e. The van der Waals surface area contributed by atoms with E-state index in [1.54, 1.807) is 0 Å². The number of aromatic nitrogens is 2. The summed E-state index contributed by atoms with van der Waals surface area (Å²) in [6, 6.07) is 0. The summed E-state index contributed by atoms with van der Waals surface area (Å²) >= 11 is 0. The molecule has 0 fully saturated rings. The standard InChI is InChI=1S/C11H21N3/c1-8-10(11(2,3)4)9(7-12-5)14(6)13-8/h12H,7H2,1-6H3. The zero-order valence-corrected chi connectivity index (χ0v) is 10.1. The molecule has 0 aliphatic heterocycles. The first kappa shape index (κ1) is 11.2. The molecule has 0 unspecified atom stereocenters. The van der Waals surface area contributed by atoms with Crippen LogP contribution in [0.5, 0.6) is 0 Å². The summed E-state index contributed by atoms with van der Waals surface area (Å²) in [5.41, 5.74) is 3.97. The van der Waals surface area contributed by atoms with Gasteiger partial charge in [-0.15, -0.1) is 0 Å². The zero-order chi connectivity index (χ0) is 10.9. The van der Waals surface area contributed by atoms with E-state index in [9.17, 15) is 0 Å². The molecule has 0 aliphatic carbocycles. The molecule has 0 saturated heterocycles. The maximum atomic E-state index is 4.47. The number of nitrogens with zero attached hydrogens (tertiary/aromatic N) is 2. The number of hydrogen-bond donors (Lipinski definition) is 1. The molecular weight excluding hydrogens is 174 g/mol. The molecule has 1 rings (SSSR count). The average molecular weight is 195 g/mol. The summed E-state index contributed by atoms with van der Waals surface area (Å²) in [5, 5.41) is 7.66. The summed E-state index contributed by atoms with van der Waals surface area (Å²) in [4.78, 5) is 0. The van der Waals surface area contributed by atoms with Crippen LogP contribution in [0.1, 0.15) is 37.7 Å². The van der Waals surface area contributed by atoms with Crippen LogP contribution in [-0.4, -0.2) is 16.8 Å². The highest BCUT2D eigenvalue weighted by molar-refractivity contribution is 5.32. The van der Waals surface area contributed by atoms with Gasteiger partial charge in [0, 0.05) is 19.2 Å². The minimum absolute atomic E-state index is 0.171. The van der Waals surface area contributed by atoms with Crippen molar-refractivity contribution >= 4 is 0 Å². The van der Waals surface area contributed by atoms with Crippen LogP contribution in [0, 0.1) is 6.92 Å². The Bertz CT molecular complexity index is 318. The van der Waals surface area contributed by atoms with Crippen molar-refractivity contribution in [1.29, 1.82) is 0 Å². The molecule has 1 aromatic heterocycles. The van der Waals surface area contributed by atoms with Crippen molar-refractivity contribution in [2.24, 2.45) is 7.05 Å². The van der Waals surface area contributed by atoms with E-state index < -0.39 is 0 Å². The third-order valence-corrected chi connectivity index (χ3v) is 2.44. The topological polar surface area (TPSA) is 29.9 Å². The summed E-state index contributed by atoms with van der Waals surface area (Å²) in [6.45, 7) is 9.66. The van der Waals surface area contributed by atoms with Gasteiger partial charge >= 0.3 is 0 Å². The van der Waals surface area contributed by atoms with E-state index in [0.29, 0.717) is 0 Å². The Morgan fingerprint density at radius 2 is 1.93 bits per heavy atom. The van der Waals surface area contributed by atoms with Crippen molar-refractivity contribution in [2.45, 2.75) is 39.7 Å². The van der Waals surface area contributed by atoms with Crippen molar-refractivity contribution in [3.05, 3.63) is 17.0 Å². The van der Waals surface area contributed by atoms with E-state index in [-0.39, 0.29) is 5.41 Å². The summed E-state index contributed by atoms with van der Waals surface area (Å²) in [7, 11) is 3.98. The molecule has 3 nitrogen and oxygen atoms in total. The number of rotatable bonds is 2. The number of nitrogens with one attached hydrogen (secondary N) is 1. The van der Waals surface area contributed by atoms with Gasteiger partial charge in [0.2, 0.25) is 0 Å². The largest absolute Gasteiger partial charge is 0.314 e. The summed E-state index contributed by atoms with van der Waals surface area (Å²) in [6.07, 6.45) is 0. The van der Waals surface area contributed by atoms with Crippen LogP contribution in [0.3, 0.4) is 0 Å². The van der Waals surface area contributed by atoms with E-state index in [4.69, 9.17) is 0 Å². The van der Waals surface area contributed by atoms with Crippen LogP contribution in [0.25, 0.3) is 0 Å². The normalized spacial score (nSPS) is 12.1. The van der Waals surface area contributed by atoms with Gasteiger partial charge in [0.1, 0.15) is 0 Å². The highest BCUT2D eigenvalue weighted by Crippen LogP contribution is 2.28. The van der Waals surface area contributed by atoms with E-state index in [0.717, 1.165) is 12.2 Å². The van der Waals surface area contributed by atoms with Gasteiger partial charge in [-0.25, -0.2) is 0 Å². The number of hydrogen-bond acceptors (Lipinski definition) is 2. The Kier molecular flexibility index (Phi) is 3.00. The first-order chi connectivity index (χ1) is 6.38. The fourth-order valence-corrected chi connectivity index (χ4v) is 2.05. The van der Waals surface area contributed by atoms with Gasteiger partial charge in [-0.1, -0.05) is 20.8 Å². The third kappa shape index (κ3) is 1.98. The van der Waals surface area contributed by atoms with Crippen LogP contribution < -0.4 is 5.32 Å². The molecule has 0 amide bonds. The Balaban J connectivity index is 3.25. The van der Waals surface area contributed by atoms with Crippen LogP contribution in [0.2, 0.25) is 0 Å². The molecule has 1 aromatic rings. The Morgan fingerprint density at radius 1 is 1.36 bits per heavy atom. The molecule has 1 heterocycles. The van der Waals surface area contributed by atoms with Crippen molar-refractivity contribution < 1.29 is 0 Å². The maximum absolute atomic E-state index is 4.47. The lowest BCUT2D eigenvalue weighted by Gasteiger charge is -2.20. The molecule has 0 aliphatic rings. The Morgan fingerprint density at radius 3 is 2.36 bits per heavy atom. The molecule has 0 atom stereocenters. The molecule has 0 bridgehead atoms. The minimum Gasteiger partial charge on any atom is -0.314 e. The predicted octanol–water partition coefficient (Wildman–Crippen LogP) is 1.75. The predicted molar refractivity (Wildman–Crippen MR) is 59.4 cm³/mol. The van der Waals surface area contributed by atoms with Gasteiger partial charge in [-0.2, -0.15) is 5.10 Å². The highest BCUT2D eigenvalue weighted by Gasteiger charge is 2.23. The maximum Gasteiger partial charge on any atom is 0.0634 e. The summed E-state index contributed by atoms with van der Waals surface area (Å²) in [5.74, 6) is 0. The second kappa shape index (κ2) is 3.73. The molecule has 0 aromatic carbocycles. The Hall–Kier alpha value is -0.830. The zero-order valence-electron chi connectivity index (χ0n) is 10.1. The second-order valence-corrected chi connectivity index (χ2v) is 4.81.